The first-order valence-electron chi connectivity index (χ1n) is 4.54. The van der Waals surface area contributed by atoms with Crippen molar-refractivity contribution in [1.29, 1.82) is 0 Å². The number of nitrogens with zero attached hydrogens (tertiary/aromatic N) is 4. The molecule has 0 amide bonds. The van der Waals surface area contributed by atoms with E-state index in [9.17, 15) is 23.3 Å². The molecule has 18 heavy (non-hydrogen) atoms. The van der Waals surface area contributed by atoms with Crippen molar-refractivity contribution in [1.82, 2.24) is 14.8 Å². The standard InChI is InChI=1S/C9H4F3N4O2/c10-9(11,12)7-3-5-14-15(7)8-6(16(17)18)2-1-4-13-8/h1-2,4-5H. The summed E-state index contributed by atoms with van der Waals surface area (Å²) in [4.78, 5) is 13.4. The maximum Gasteiger partial charge on any atom is 0.434 e. The van der Waals surface area contributed by atoms with E-state index >= 15 is 0 Å². The average molecular weight is 257 g/mol. The van der Waals surface area contributed by atoms with Crippen molar-refractivity contribution >= 4 is 5.69 Å². The van der Waals surface area contributed by atoms with Gasteiger partial charge in [-0.25, -0.2) is 9.67 Å². The smallest absolute Gasteiger partial charge is 0.258 e. The molecule has 6 nitrogen and oxygen atoms in total. The molecule has 0 aliphatic carbocycles. The highest BCUT2D eigenvalue weighted by Gasteiger charge is 2.37. The maximum absolute atomic E-state index is 12.6. The molecule has 0 N–H and O–H groups in total. The van der Waals surface area contributed by atoms with Crippen LogP contribution in [0, 0.1) is 16.2 Å². The molecule has 1 radical (unpaired) electrons. The number of halogens is 3. The van der Waals surface area contributed by atoms with Crippen LogP contribution in [0.1, 0.15) is 5.69 Å². The van der Waals surface area contributed by atoms with Gasteiger partial charge in [-0.15, -0.1) is 0 Å². The van der Waals surface area contributed by atoms with Crippen LogP contribution in [0.4, 0.5) is 18.9 Å². The van der Waals surface area contributed by atoms with Crippen molar-refractivity contribution in [2.75, 3.05) is 0 Å². The van der Waals surface area contributed by atoms with Crippen molar-refractivity contribution < 1.29 is 18.1 Å². The van der Waals surface area contributed by atoms with Gasteiger partial charge in [-0.2, -0.15) is 18.3 Å². The van der Waals surface area contributed by atoms with E-state index in [1.807, 2.05) is 6.07 Å². The van der Waals surface area contributed by atoms with E-state index in [4.69, 9.17) is 0 Å². The topological polar surface area (TPSA) is 73.8 Å². The highest BCUT2D eigenvalue weighted by Crippen LogP contribution is 2.31. The molecule has 2 aromatic rings. The van der Waals surface area contributed by atoms with Gasteiger partial charge in [0.1, 0.15) is 0 Å². The molecule has 93 valence electrons. The van der Waals surface area contributed by atoms with E-state index in [1.54, 1.807) is 0 Å². The summed E-state index contributed by atoms with van der Waals surface area (Å²) in [7, 11) is 0. The van der Waals surface area contributed by atoms with Gasteiger partial charge in [0.25, 0.3) is 0 Å². The molecule has 9 heteroatoms. The second kappa shape index (κ2) is 4.09. The van der Waals surface area contributed by atoms with Crippen LogP contribution in [-0.2, 0) is 6.18 Å². The van der Waals surface area contributed by atoms with Gasteiger partial charge in [0, 0.05) is 18.3 Å². The molecular formula is C9H4F3N4O2. The van der Waals surface area contributed by atoms with E-state index in [-0.39, 0.29) is 0 Å². The largest absolute Gasteiger partial charge is 0.434 e. The number of nitro groups is 1. The Morgan fingerprint density at radius 3 is 2.78 bits per heavy atom. The Morgan fingerprint density at radius 2 is 2.17 bits per heavy atom. The molecule has 0 spiro atoms. The minimum Gasteiger partial charge on any atom is -0.258 e. The summed E-state index contributed by atoms with van der Waals surface area (Å²) < 4.78 is 38.2. The lowest BCUT2D eigenvalue weighted by atomic mass is 10.3. The van der Waals surface area contributed by atoms with Crippen LogP contribution in [0.15, 0.2) is 24.5 Å². The minimum absolute atomic E-state index is 0.345. The zero-order valence-electron chi connectivity index (χ0n) is 8.55. The zero-order valence-corrected chi connectivity index (χ0v) is 8.55. The van der Waals surface area contributed by atoms with Crippen LogP contribution in [0.5, 0.6) is 0 Å². The van der Waals surface area contributed by atoms with Crippen molar-refractivity contribution in [3.8, 4) is 5.82 Å². The van der Waals surface area contributed by atoms with Gasteiger partial charge < -0.3 is 0 Å². The van der Waals surface area contributed by atoms with E-state index in [2.05, 4.69) is 10.1 Å². The predicted octanol–water partition coefficient (Wildman–Crippen LogP) is 1.99. The van der Waals surface area contributed by atoms with Gasteiger partial charge in [-0.05, 0) is 6.07 Å². The number of alkyl halides is 3. The predicted molar refractivity (Wildman–Crippen MR) is 51.9 cm³/mol. The molecule has 2 aromatic heterocycles. The second-order valence-electron chi connectivity index (χ2n) is 3.15. The van der Waals surface area contributed by atoms with Crippen LogP contribution in [0.25, 0.3) is 5.82 Å². The summed E-state index contributed by atoms with van der Waals surface area (Å²) in [5.41, 5.74) is -1.82. The monoisotopic (exact) mass is 257 g/mol. The summed E-state index contributed by atoms with van der Waals surface area (Å²) in [5.74, 6) is -0.504. The van der Waals surface area contributed by atoms with Crippen LogP contribution in [0.3, 0.4) is 0 Å². The Labute approximate surface area is 97.8 Å². The van der Waals surface area contributed by atoms with E-state index < -0.39 is 28.3 Å². The molecular weight excluding hydrogens is 253 g/mol. The molecule has 0 aliphatic rings. The fourth-order valence-corrected chi connectivity index (χ4v) is 1.32. The fraction of sp³-hybridized carbons (Fsp3) is 0.111. The van der Waals surface area contributed by atoms with Crippen molar-refractivity contribution in [3.63, 3.8) is 0 Å². The van der Waals surface area contributed by atoms with Gasteiger partial charge >= 0.3 is 11.9 Å². The van der Waals surface area contributed by atoms with Gasteiger partial charge in [-0.1, -0.05) is 0 Å². The summed E-state index contributed by atoms with van der Waals surface area (Å²) in [6, 6.07) is 4.17. The molecule has 2 heterocycles. The van der Waals surface area contributed by atoms with Crippen LogP contribution in [-0.4, -0.2) is 19.7 Å². The molecule has 0 bridgehead atoms. The average Bonchev–Trinajstić information content (AvgIpc) is 2.77. The van der Waals surface area contributed by atoms with E-state index in [0.717, 1.165) is 18.5 Å². The van der Waals surface area contributed by atoms with Crippen molar-refractivity contribution in [2.24, 2.45) is 0 Å². The summed E-state index contributed by atoms with van der Waals surface area (Å²) >= 11 is 0. The number of rotatable bonds is 2. The molecule has 0 saturated heterocycles. The molecule has 0 aliphatic heterocycles. The summed E-state index contributed by atoms with van der Waals surface area (Å²) in [6.45, 7) is 0. The summed E-state index contributed by atoms with van der Waals surface area (Å²) in [6.07, 6.45) is -2.80. The Balaban J connectivity index is 2.64. The highest BCUT2D eigenvalue weighted by molar-refractivity contribution is 5.46. The Bertz CT molecular complexity index is 593. The molecule has 0 unspecified atom stereocenters. The van der Waals surface area contributed by atoms with Gasteiger partial charge in [-0.3, -0.25) is 10.1 Å². The first-order valence-corrected chi connectivity index (χ1v) is 4.54. The normalized spacial score (nSPS) is 11.5. The third-order valence-electron chi connectivity index (χ3n) is 2.02. The third-order valence-corrected chi connectivity index (χ3v) is 2.02. The minimum atomic E-state index is -4.72. The molecule has 2 rings (SSSR count). The van der Waals surface area contributed by atoms with E-state index in [0.29, 0.717) is 4.68 Å². The van der Waals surface area contributed by atoms with Crippen LogP contribution >= 0.6 is 0 Å². The number of hydrogen-bond donors (Lipinski definition) is 0. The fourth-order valence-electron chi connectivity index (χ4n) is 1.32. The van der Waals surface area contributed by atoms with E-state index in [1.165, 1.54) is 6.07 Å². The lowest BCUT2D eigenvalue weighted by molar-refractivity contribution is -0.385. The lowest BCUT2D eigenvalue weighted by Crippen LogP contribution is -2.15. The van der Waals surface area contributed by atoms with Gasteiger partial charge in [0.05, 0.1) is 11.1 Å². The lowest BCUT2D eigenvalue weighted by Gasteiger charge is -2.08. The second-order valence-corrected chi connectivity index (χ2v) is 3.15. The number of pyridine rings is 1. The molecule has 0 fully saturated rings. The molecule has 0 saturated carbocycles. The Morgan fingerprint density at radius 1 is 1.44 bits per heavy atom. The number of hydrogen-bond acceptors (Lipinski definition) is 4. The van der Waals surface area contributed by atoms with Gasteiger partial charge in [0.2, 0.25) is 5.82 Å². The zero-order chi connectivity index (χ0) is 13.3. The maximum atomic E-state index is 12.6. The Hall–Kier alpha value is -2.45. The van der Waals surface area contributed by atoms with Crippen LogP contribution < -0.4 is 0 Å². The van der Waals surface area contributed by atoms with Crippen molar-refractivity contribution in [3.05, 3.63) is 46.4 Å². The highest BCUT2D eigenvalue weighted by atomic mass is 19.4. The van der Waals surface area contributed by atoms with Crippen molar-refractivity contribution in [2.45, 2.75) is 6.18 Å². The molecule has 0 atom stereocenters. The Kier molecular flexibility index (Phi) is 2.73. The first kappa shape index (κ1) is 12.0. The summed E-state index contributed by atoms with van der Waals surface area (Å²) in [5, 5.41) is 14.1. The van der Waals surface area contributed by atoms with Crippen LogP contribution in [0.2, 0.25) is 0 Å². The first-order chi connectivity index (χ1) is 8.41. The number of aromatic nitrogens is 3. The van der Waals surface area contributed by atoms with Gasteiger partial charge in [0.15, 0.2) is 5.69 Å². The third kappa shape index (κ3) is 2.01. The quantitative estimate of drug-likeness (QED) is 0.609. The SMILES string of the molecule is O=[N+]([O-])c1cccnc1-n1nc[c]c1C(F)(F)F. The molecule has 0 aromatic carbocycles.